The van der Waals surface area contributed by atoms with Crippen LogP contribution in [0.2, 0.25) is 0 Å². The molecule has 0 aliphatic heterocycles. The van der Waals surface area contributed by atoms with Crippen LogP contribution in [-0.2, 0) is 25.5 Å². The first kappa shape index (κ1) is 35.1. The van der Waals surface area contributed by atoms with E-state index >= 15 is 0 Å². The summed E-state index contributed by atoms with van der Waals surface area (Å²) in [6.45, 7) is 8.13. The molecule has 4 aromatic carbocycles. The molecule has 6 nitrogen and oxygen atoms in total. The Morgan fingerprint density at radius 2 is 1.17 bits per heavy atom. The van der Waals surface area contributed by atoms with Crippen molar-refractivity contribution in [3.05, 3.63) is 108 Å². The molecule has 1 fully saturated rings. The summed E-state index contributed by atoms with van der Waals surface area (Å²) in [6.07, 6.45) is 10.8. The van der Waals surface area contributed by atoms with E-state index in [1.54, 1.807) is 0 Å². The number of aliphatic hydroxyl groups is 2. The molecular weight excluding hydrogens is 600 g/mol. The monoisotopic (exact) mass is 648 g/mol. The fourth-order valence-electron chi connectivity index (χ4n) is 6.84. The number of carbonyl (C=O) groups is 2. The summed E-state index contributed by atoms with van der Waals surface area (Å²) in [5, 5.41) is 23.0. The second kappa shape index (κ2) is 16.7. The van der Waals surface area contributed by atoms with E-state index in [9.17, 15) is 19.8 Å². The minimum atomic E-state index is -0.717. The van der Waals surface area contributed by atoms with Crippen molar-refractivity contribution in [2.75, 3.05) is 26.4 Å². The molecule has 0 spiro atoms. The molecule has 48 heavy (non-hydrogen) atoms. The van der Waals surface area contributed by atoms with Gasteiger partial charge in [0.15, 0.2) is 0 Å². The first-order valence-electron chi connectivity index (χ1n) is 17.3. The summed E-state index contributed by atoms with van der Waals surface area (Å²) < 4.78 is 10.7. The number of carbonyl (C=O) groups excluding carboxylic acids is 2. The van der Waals surface area contributed by atoms with Gasteiger partial charge in [0.25, 0.3) is 0 Å². The third-order valence-electron chi connectivity index (χ3n) is 9.87. The zero-order chi connectivity index (χ0) is 34.0. The highest BCUT2D eigenvalue weighted by molar-refractivity contribution is 5.92. The van der Waals surface area contributed by atoms with Crippen LogP contribution in [0.15, 0.2) is 97.1 Å². The van der Waals surface area contributed by atoms with Gasteiger partial charge in [0.1, 0.15) is 13.2 Å². The zero-order valence-electron chi connectivity index (χ0n) is 28.1. The second-order valence-electron chi connectivity index (χ2n) is 13.3. The smallest absolute Gasteiger partial charge is 0.335 e. The van der Waals surface area contributed by atoms with Crippen molar-refractivity contribution in [1.29, 1.82) is 0 Å². The van der Waals surface area contributed by atoms with Crippen LogP contribution in [0.25, 0.3) is 32.7 Å². The van der Waals surface area contributed by atoms with E-state index in [1.807, 2.05) is 18.2 Å². The summed E-state index contributed by atoms with van der Waals surface area (Å²) in [5.41, 5.74) is 4.38. The third kappa shape index (κ3) is 9.00. The molecule has 4 aromatic rings. The molecule has 0 heterocycles. The van der Waals surface area contributed by atoms with Crippen molar-refractivity contribution in [3.63, 3.8) is 0 Å². The normalized spacial score (nSPS) is 16.2. The van der Waals surface area contributed by atoms with Crippen LogP contribution in [-0.4, -0.2) is 48.6 Å². The average molecular weight is 649 g/mol. The molecule has 2 N–H and O–H groups in total. The molecule has 0 amide bonds. The molecule has 0 aromatic heterocycles. The van der Waals surface area contributed by atoms with E-state index in [0.29, 0.717) is 0 Å². The summed E-state index contributed by atoms with van der Waals surface area (Å²) >= 11 is 0. The quantitative estimate of drug-likeness (QED) is 0.0993. The lowest BCUT2D eigenvalue weighted by molar-refractivity contribution is -0.142. The van der Waals surface area contributed by atoms with Crippen LogP contribution in [0.5, 0.6) is 0 Å². The minimum absolute atomic E-state index is 0.0605. The average Bonchev–Trinajstić information content (AvgIpc) is 3.13. The van der Waals surface area contributed by atoms with Gasteiger partial charge in [0.2, 0.25) is 0 Å². The van der Waals surface area contributed by atoms with E-state index < -0.39 is 31.1 Å². The zero-order valence-corrected chi connectivity index (χ0v) is 28.1. The first-order chi connectivity index (χ1) is 23.3. The Balaban J connectivity index is 1.27. The number of benzene rings is 4. The van der Waals surface area contributed by atoms with E-state index in [4.69, 9.17) is 9.47 Å². The highest BCUT2D eigenvalue weighted by atomic mass is 16.5. The molecule has 1 aliphatic rings. The predicted molar refractivity (Wildman–Crippen MR) is 193 cm³/mol. The lowest BCUT2D eigenvalue weighted by Gasteiger charge is -2.28. The maximum Gasteiger partial charge on any atom is 0.335 e. The van der Waals surface area contributed by atoms with E-state index in [0.717, 1.165) is 45.7 Å². The second-order valence-corrected chi connectivity index (χ2v) is 13.3. The van der Waals surface area contributed by atoms with Crippen LogP contribution >= 0.6 is 0 Å². The van der Waals surface area contributed by atoms with Gasteiger partial charge in [-0.05, 0) is 80.6 Å². The Hall–Kier alpha value is -4.26. The largest absolute Gasteiger partial charge is 0.461 e. The number of rotatable bonds is 15. The van der Waals surface area contributed by atoms with Crippen LogP contribution in [0.4, 0.5) is 0 Å². The Labute approximate surface area is 284 Å². The molecule has 1 aliphatic carbocycles. The van der Waals surface area contributed by atoms with Crippen LogP contribution in [0.1, 0.15) is 68.9 Å². The van der Waals surface area contributed by atoms with Crippen LogP contribution in [0.3, 0.4) is 0 Å². The summed E-state index contributed by atoms with van der Waals surface area (Å²) in [7, 11) is 0. The first-order valence-corrected chi connectivity index (χ1v) is 17.3. The minimum Gasteiger partial charge on any atom is -0.461 e. The number of fused-ring (bicyclic) bond motifs is 2. The van der Waals surface area contributed by atoms with E-state index in [2.05, 4.69) is 74.7 Å². The topological polar surface area (TPSA) is 93.1 Å². The molecular formula is C42H48O6. The SMILES string of the molecule is C=C(CO)C(=O)OCC(COC(=O)C(=C)CO)c1ccc2cc(-c3ccc4cc(CCC5CCC(CCC)CC5)ccc4c3)ccc2c1. The third-order valence-corrected chi connectivity index (χ3v) is 9.87. The standard InChI is InChI=1S/C42H48O6/c1-4-5-30-6-8-31(9-7-30)10-11-32-12-13-34-21-35(15-14-33(34)20-32)36-16-17-38-23-39(19-18-37(38)22-36)40(26-47-41(45)28(2)24-43)27-48-42(46)29(3)25-44/h12-23,30-31,40,43-44H,2-11,24-27H2,1H3. The highest BCUT2D eigenvalue weighted by Gasteiger charge is 2.21. The van der Waals surface area contributed by atoms with Crippen molar-refractivity contribution in [1.82, 2.24) is 0 Å². The Bertz CT molecular complexity index is 1730. The Morgan fingerprint density at radius 1 is 0.688 bits per heavy atom. The number of aryl methyl sites for hydroxylation is 1. The highest BCUT2D eigenvalue weighted by Crippen LogP contribution is 2.35. The summed E-state index contributed by atoms with van der Waals surface area (Å²) in [4.78, 5) is 24.3. The lowest BCUT2D eigenvalue weighted by atomic mass is 9.78. The van der Waals surface area contributed by atoms with Gasteiger partial charge >= 0.3 is 11.9 Å². The van der Waals surface area contributed by atoms with Gasteiger partial charge in [-0.25, -0.2) is 9.59 Å². The molecule has 0 saturated heterocycles. The maximum absolute atomic E-state index is 12.2. The molecule has 252 valence electrons. The van der Waals surface area contributed by atoms with Crippen molar-refractivity contribution in [3.8, 4) is 11.1 Å². The van der Waals surface area contributed by atoms with E-state index in [1.165, 1.54) is 61.3 Å². The lowest BCUT2D eigenvalue weighted by Crippen LogP contribution is -2.21. The molecule has 5 rings (SSSR count). The number of hydrogen-bond donors (Lipinski definition) is 2. The van der Waals surface area contributed by atoms with Gasteiger partial charge in [-0.2, -0.15) is 0 Å². The van der Waals surface area contributed by atoms with Gasteiger partial charge in [-0.3, -0.25) is 0 Å². The number of hydrogen-bond acceptors (Lipinski definition) is 6. The van der Waals surface area contributed by atoms with Crippen LogP contribution < -0.4 is 0 Å². The molecule has 6 heteroatoms. The summed E-state index contributed by atoms with van der Waals surface area (Å²) in [6, 6.07) is 25.8. The molecule has 0 unspecified atom stereocenters. The predicted octanol–water partition coefficient (Wildman–Crippen LogP) is 8.47. The Morgan fingerprint density at radius 3 is 1.71 bits per heavy atom. The van der Waals surface area contributed by atoms with Gasteiger partial charge in [-0.15, -0.1) is 0 Å². The molecule has 1 saturated carbocycles. The number of aliphatic hydroxyl groups excluding tert-OH is 2. The van der Waals surface area contributed by atoms with Crippen molar-refractivity contribution >= 4 is 33.5 Å². The fourth-order valence-corrected chi connectivity index (χ4v) is 6.84. The summed E-state index contributed by atoms with van der Waals surface area (Å²) in [5.74, 6) is -0.0858. The van der Waals surface area contributed by atoms with Crippen molar-refractivity contribution in [2.45, 2.75) is 64.2 Å². The van der Waals surface area contributed by atoms with Crippen molar-refractivity contribution < 1.29 is 29.3 Å². The van der Waals surface area contributed by atoms with Gasteiger partial charge in [0, 0.05) is 0 Å². The molecule has 0 atom stereocenters. The van der Waals surface area contributed by atoms with Crippen LogP contribution in [0, 0.1) is 11.8 Å². The van der Waals surface area contributed by atoms with Gasteiger partial charge in [-0.1, -0.05) is 119 Å². The fraction of sp³-hybridized carbons (Fsp3) is 0.381. The van der Waals surface area contributed by atoms with E-state index in [-0.39, 0.29) is 24.4 Å². The Kier molecular flexibility index (Phi) is 12.2. The maximum atomic E-state index is 12.2. The van der Waals surface area contributed by atoms with Gasteiger partial charge in [0.05, 0.1) is 30.3 Å². The van der Waals surface area contributed by atoms with Crippen molar-refractivity contribution in [2.24, 2.45) is 11.8 Å². The number of esters is 2. The van der Waals surface area contributed by atoms with Gasteiger partial charge < -0.3 is 19.7 Å². The molecule has 0 bridgehead atoms. The molecule has 0 radical (unpaired) electrons. The number of ether oxygens (including phenoxy) is 2.